The van der Waals surface area contributed by atoms with Crippen LogP contribution >= 0.6 is 0 Å². The van der Waals surface area contributed by atoms with Crippen molar-refractivity contribution in [1.82, 2.24) is 0 Å². The highest BCUT2D eigenvalue weighted by atomic mass is 19.2. The zero-order valence-electron chi connectivity index (χ0n) is 13.8. The molecule has 2 aromatic carbocycles. The zero-order chi connectivity index (χ0) is 17.4. The van der Waals surface area contributed by atoms with Gasteiger partial charge in [-0.05, 0) is 61.1 Å². The Morgan fingerprint density at radius 2 is 1.35 bits per heavy atom. The van der Waals surface area contributed by atoms with E-state index in [9.17, 15) is 13.2 Å². The maximum atomic E-state index is 12.7. The second-order valence-electron chi connectivity index (χ2n) is 6.15. The highest BCUT2D eigenvalue weighted by molar-refractivity contribution is 5.18. The third kappa shape index (κ3) is 7.84. The zero-order valence-corrected chi connectivity index (χ0v) is 13.8. The molecule has 0 aromatic heterocycles. The van der Waals surface area contributed by atoms with E-state index in [-0.39, 0.29) is 11.9 Å². The first-order valence-electron chi connectivity index (χ1n) is 7.72. The van der Waals surface area contributed by atoms with Gasteiger partial charge in [-0.3, -0.25) is 0 Å². The van der Waals surface area contributed by atoms with Crippen LogP contribution in [0.1, 0.15) is 31.9 Å². The molecule has 2 N–H and O–H groups in total. The van der Waals surface area contributed by atoms with Gasteiger partial charge in [-0.1, -0.05) is 32.0 Å². The molecule has 0 fully saturated rings. The normalized spacial score (nSPS) is 11.8. The second kappa shape index (κ2) is 9.36. The van der Waals surface area contributed by atoms with Crippen LogP contribution in [0.5, 0.6) is 0 Å². The highest BCUT2D eigenvalue weighted by Crippen LogP contribution is 2.12. The van der Waals surface area contributed by atoms with Crippen LogP contribution in [0.15, 0.2) is 42.5 Å². The Bertz CT molecular complexity index is 592. The van der Waals surface area contributed by atoms with E-state index in [0.29, 0.717) is 5.92 Å². The van der Waals surface area contributed by atoms with Gasteiger partial charge in [0.05, 0.1) is 0 Å². The van der Waals surface area contributed by atoms with Crippen LogP contribution in [0, 0.1) is 23.4 Å². The van der Waals surface area contributed by atoms with Gasteiger partial charge in [-0.15, -0.1) is 0 Å². The topological polar surface area (TPSA) is 26.0 Å². The summed E-state index contributed by atoms with van der Waals surface area (Å²) in [4.78, 5) is 0. The molecule has 0 heterocycles. The maximum absolute atomic E-state index is 12.7. The van der Waals surface area contributed by atoms with Gasteiger partial charge in [0.2, 0.25) is 0 Å². The summed E-state index contributed by atoms with van der Waals surface area (Å²) < 4.78 is 37.5. The summed E-state index contributed by atoms with van der Waals surface area (Å²) in [6.07, 6.45) is 1.59. The van der Waals surface area contributed by atoms with Crippen molar-refractivity contribution in [2.75, 3.05) is 0 Å². The van der Waals surface area contributed by atoms with Gasteiger partial charge in [0.1, 0.15) is 5.82 Å². The molecule has 126 valence electrons. The summed E-state index contributed by atoms with van der Waals surface area (Å²) in [5.41, 5.74) is 7.50. The van der Waals surface area contributed by atoms with E-state index < -0.39 is 11.6 Å². The minimum absolute atomic E-state index is 0.139. The molecule has 0 radical (unpaired) electrons. The smallest absolute Gasteiger partial charge is 0.159 e. The van der Waals surface area contributed by atoms with Crippen LogP contribution in [-0.4, -0.2) is 6.04 Å². The molecule has 23 heavy (non-hydrogen) atoms. The van der Waals surface area contributed by atoms with Crippen molar-refractivity contribution in [3.63, 3.8) is 0 Å². The average molecular weight is 323 g/mol. The van der Waals surface area contributed by atoms with Gasteiger partial charge in [0, 0.05) is 6.04 Å². The Labute approximate surface area is 136 Å². The lowest BCUT2D eigenvalue weighted by molar-refractivity contribution is 0.505. The fraction of sp³-hybridized carbons (Fsp3) is 0.368. The van der Waals surface area contributed by atoms with Crippen LogP contribution < -0.4 is 5.73 Å². The molecule has 0 spiro atoms. The van der Waals surface area contributed by atoms with Crippen molar-refractivity contribution in [3.05, 3.63) is 71.0 Å². The quantitative estimate of drug-likeness (QED) is 0.853. The molecule has 0 saturated heterocycles. The Morgan fingerprint density at radius 3 is 1.83 bits per heavy atom. The summed E-state index contributed by atoms with van der Waals surface area (Å²) in [5, 5.41) is 0. The predicted molar refractivity (Wildman–Crippen MR) is 88.7 cm³/mol. The van der Waals surface area contributed by atoms with Crippen LogP contribution in [0.25, 0.3) is 0 Å². The fourth-order valence-electron chi connectivity index (χ4n) is 2.13. The molecular weight excluding hydrogens is 299 g/mol. The van der Waals surface area contributed by atoms with Gasteiger partial charge in [-0.25, -0.2) is 13.2 Å². The number of hydrogen-bond acceptors (Lipinski definition) is 1. The van der Waals surface area contributed by atoms with Gasteiger partial charge in [-0.2, -0.15) is 0 Å². The summed E-state index contributed by atoms with van der Waals surface area (Å²) in [6, 6.07) is 10.6. The van der Waals surface area contributed by atoms with E-state index >= 15 is 0 Å². The molecule has 0 aliphatic rings. The molecule has 0 amide bonds. The highest BCUT2D eigenvalue weighted by Gasteiger charge is 2.03. The molecule has 1 atom stereocenters. The molecule has 0 saturated carbocycles. The number of hydrogen-bond donors (Lipinski definition) is 1. The summed E-state index contributed by atoms with van der Waals surface area (Å²) in [6.45, 7) is 6.02. The van der Waals surface area contributed by atoms with Crippen LogP contribution in [0.2, 0.25) is 0 Å². The van der Waals surface area contributed by atoms with Gasteiger partial charge in [0.25, 0.3) is 0 Å². The molecule has 0 bridgehead atoms. The fourth-order valence-corrected chi connectivity index (χ4v) is 2.13. The molecule has 2 rings (SSSR count). The van der Waals surface area contributed by atoms with Crippen molar-refractivity contribution < 1.29 is 13.2 Å². The third-order valence-corrected chi connectivity index (χ3v) is 3.10. The first kappa shape index (κ1) is 19.2. The number of rotatable bonds is 4. The lowest BCUT2D eigenvalue weighted by atomic mass is 10.0. The monoisotopic (exact) mass is 323 g/mol. The molecule has 4 heteroatoms. The van der Waals surface area contributed by atoms with Crippen LogP contribution in [0.3, 0.4) is 0 Å². The molecule has 0 aliphatic carbocycles. The molecule has 1 unspecified atom stereocenters. The molecule has 0 aliphatic heterocycles. The third-order valence-electron chi connectivity index (χ3n) is 3.10. The Kier molecular flexibility index (Phi) is 7.83. The summed E-state index contributed by atoms with van der Waals surface area (Å²) in [7, 11) is 0. The van der Waals surface area contributed by atoms with E-state index in [1.54, 1.807) is 18.2 Å². The van der Waals surface area contributed by atoms with Crippen molar-refractivity contribution in [2.24, 2.45) is 11.7 Å². The molecule has 1 nitrogen and oxygen atoms in total. The lowest BCUT2D eigenvalue weighted by Gasteiger charge is -2.04. The first-order chi connectivity index (χ1) is 10.8. The average Bonchev–Trinajstić information content (AvgIpc) is 2.45. The van der Waals surface area contributed by atoms with Crippen molar-refractivity contribution in [1.29, 1.82) is 0 Å². The lowest BCUT2D eigenvalue weighted by Crippen LogP contribution is -2.17. The van der Waals surface area contributed by atoms with Crippen molar-refractivity contribution in [3.8, 4) is 0 Å². The van der Waals surface area contributed by atoms with E-state index in [0.717, 1.165) is 24.0 Å². The number of benzene rings is 2. The van der Waals surface area contributed by atoms with Crippen LogP contribution in [0.4, 0.5) is 13.2 Å². The van der Waals surface area contributed by atoms with E-state index in [2.05, 4.69) is 0 Å². The minimum atomic E-state index is -0.775. The van der Waals surface area contributed by atoms with Gasteiger partial charge >= 0.3 is 0 Å². The van der Waals surface area contributed by atoms with Crippen molar-refractivity contribution in [2.45, 2.75) is 39.7 Å². The SMILES string of the molecule is CC(C)Cc1ccc(F)c(F)c1.CC(N)Cc1ccc(F)cc1. The Balaban J connectivity index is 0.000000231. The summed E-state index contributed by atoms with van der Waals surface area (Å²) >= 11 is 0. The second-order valence-corrected chi connectivity index (χ2v) is 6.15. The largest absolute Gasteiger partial charge is 0.328 e. The number of halogens is 3. The van der Waals surface area contributed by atoms with E-state index in [1.807, 2.05) is 20.8 Å². The standard InChI is InChI=1S/C10H12F2.C9H12FN/c1-7(2)5-8-3-4-9(11)10(12)6-8;1-7(11)6-8-2-4-9(10)5-3-8/h3-4,6-7H,5H2,1-2H3;2-5,7H,6,11H2,1H3. The summed E-state index contributed by atoms with van der Waals surface area (Å²) in [5.74, 6) is -1.26. The van der Waals surface area contributed by atoms with Gasteiger partial charge in [0.15, 0.2) is 11.6 Å². The van der Waals surface area contributed by atoms with Crippen LogP contribution in [-0.2, 0) is 12.8 Å². The van der Waals surface area contributed by atoms with Crippen molar-refractivity contribution >= 4 is 0 Å². The Hall–Kier alpha value is -1.81. The van der Waals surface area contributed by atoms with Gasteiger partial charge < -0.3 is 5.73 Å². The number of nitrogens with two attached hydrogens (primary N) is 1. The first-order valence-corrected chi connectivity index (χ1v) is 7.72. The molecular formula is C19H24F3N. The maximum Gasteiger partial charge on any atom is 0.159 e. The van der Waals surface area contributed by atoms with E-state index in [4.69, 9.17) is 5.73 Å². The Morgan fingerprint density at radius 1 is 0.783 bits per heavy atom. The molecule has 2 aromatic rings. The minimum Gasteiger partial charge on any atom is -0.328 e. The predicted octanol–water partition coefficient (Wildman–Crippen LogP) is 4.88. The van der Waals surface area contributed by atoms with E-state index in [1.165, 1.54) is 24.3 Å².